The topological polar surface area (TPSA) is 67.2 Å². The molecule has 100 heavy (non-hydrogen) atoms. The Labute approximate surface area is 591 Å². The van der Waals surface area contributed by atoms with Crippen LogP contribution in [0.4, 0.5) is 51.2 Å². The predicted octanol–water partition coefficient (Wildman–Crippen LogP) is 21.8. The standard InChI is InChI=1S/C92H58BN7/c94-59-61-45-52-87(96(67-29-9-3-10-30-67)68-31-11-4-12-32-68)78(53-61)64-47-50-79-88(54-64)99(81-39-19-13-33-71(81)62-25-5-1-6-26-62)90-55-66(77-57-69(48-46-65(77)60-95)97-83-41-21-15-35-73(83)74-36-16-22-42-84(74)97)56-91-92(90)93(79)80-51-49-70(98-85-43-23-17-37-75(85)76-38-18-24-44-86(76)98)58-89(80)100(91)82-40-20-14-34-72(82)63-27-7-2-8-28-63/h1-58H/i17D,18D,23D,24D,37D,38D,43D,44D. The Balaban J connectivity index is 0.970. The molecule has 2 aromatic heterocycles. The lowest BCUT2D eigenvalue weighted by molar-refractivity contribution is 1.17. The van der Waals surface area contributed by atoms with E-state index in [4.69, 9.17) is 2.74 Å². The molecule has 0 fully saturated rings. The number of benzene rings is 15. The first kappa shape index (κ1) is 49.8. The number of nitrogens with zero attached hydrogens (tertiary/aromatic N) is 7. The van der Waals surface area contributed by atoms with Gasteiger partial charge in [0.05, 0.1) is 73.4 Å². The van der Waals surface area contributed by atoms with Crippen LogP contribution in [0.1, 0.15) is 22.1 Å². The van der Waals surface area contributed by atoms with E-state index in [1.54, 1.807) is 4.57 Å². The third kappa shape index (κ3) is 9.20. The number of hydrogen-bond donors (Lipinski definition) is 0. The Bertz CT molecular complexity index is 6560. The SMILES string of the molecule is [2H]c1c([2H])c([2H])c2c(c1[2H])c1c([2H])c([2H])c([2H])c([2H])c1n2-c1ccc2c(c1)N(c1ccccc1-c1ccccc1)c1cc(-c3cc(-n4c5ccccc5c5ccccc54)ccc3C#N)cc3c1B2c1ccc(-c2cc(C#N)ccc2N(c2ccccc2)c2ccccc2)cc1N3c1ccccc1-c1ccccc1. The van der Waals surface area contributed by atoms with Gasteiger partial charge in [-0.2, -0.15) is 10.5 Å². The fraction of sp³-hybridized carbons (Fsp3) is 0. The fourth-order valence-electron chi connectivity index (χ4n) is 15.5. The van der Waals surface area contributed by atoms with Gasteiger partial charge >= 0.3 is 0 Å². The molecule has 0 N–H and O–H groups in total. The minimum Gasteiger partial charge on any atom is -0.311 e. The Hall–Kier alpha value is -13.7. The average Bonchev–Trinajstić information content (AvgIpc) is 0.890. The van der Waals surface area contributed by atoms with Gasteiger partial charge in [0.25, 0.3) is 6.71 Å². The molecule has 0 saturated carbocycles. The van der Waals surface area contributed by atoms with Crippen LogP contribution in [0.5, 0.6) is 0 Å². The minimum absolute atomic E-state index is 0.00618. The Morgan fingerprint density at radius 3 is 1.36 bits per heavy atom. The Kier molecular flexibility index (Phi) is 11.8. The Morgan fingerprint density at radius 2 is 0.790 bits per heavy atom. The zero-order valence-corrected chi connectivity index (χ0v) is 53.6. The fourth-order valence-corrected chi connectivity index (χ4v) is 15.5. The molecule has 17 aromatic rings. The molecule has 0 bridgehead atoms. The number of anilines is 9. The van der Waals surface area contributed by atoms with Crippen LogP contribution in [-0.4, -0.2) is 15.8 Å². The van der Waals surface area contributed by atoms with E-state index in [2.05, 4.69) is 195 Å². The van der Waals surface area contributed by atoms with Crippen LogP contribution in [0.25, 0.3) is 99.5 Å². The first-order chi connectivity index (χ1) is 52.9. The number of rotatable bonds is 11. The van der Waals surface area contributed by atoms with Crippen molar-refractivity contribution in [2.75, 3.05) is 14.7 Å². The number of hydrogen-bond acceptors (Lipinski definition) is 5. The van der Waals surface area contributed by atoms with Crippen LogP contribution in [0.3, 0.4) is 0 Å². The normalized spacial score (nSPS) is 13.2. The van der Waals surface area contributed by atoms with Crippen LogP contribution >= 0.6 is 0 Å². The maximum atomic E-state index is 11.7. The lowest BCUT2D eigenvalue weighted by Crippen LogP contribution is -2.61. The molecule has 7 nitrogen and oxygen atoms in total. The molecular formula is C92H58BN7. The minimum atomic E-state index is -0.598. The summed E-state index contributed by atoms with van der Waals surface area (Å²) in [4.78, 5) is 6.86. The molecule has 0 saturated heterocycles. The van der Waals surface area contributed by atoms with E-state index in [9.17, 15) is 18.7 Å². The van der Waals surface area contributed by atoms with Gasteiger partial charge in [0, 0.05) is 89.3 Å². The molecule has 0 unspecified atom stereocenters. The van der Waals surface area contributed by atoms with Crippen molar-refractivity contribution in [2.45, 2.75) is 0 Å². The third-order valence-electron chi connectivity index (χ3n) is 19.8. The van der Waals surface area contributed by atoms with Gasteiger partial charge in [0.2, 0.25) is 0 Å². The van der Waals surface area contributed by atoms with Crippen molar-refractivity contribution in [3.8, 4) is 68.0 Å². The van der Waals surface area contributed by atoms with E-state index in [-0.39, 0.29) is 21.8 Å². The van der Waals surface area contributed by atoms with Gasteiger partial charge in [-0.25, -0.2) is 0 Å². The molecule has 0 radical (unpaired) electrons. The summed E-state index contributed by atoms with van der Waals surface area (Å²) in [6, 6.07) is 105. The summed E-state index contributed by atoms with van der Waals surface area (Å²) < 4.78 is 78.6. The van der Waals surface area contributed by atoms with Gasteiger partial charge in [0.15, 0.2) is 0 Å². The van der Waals surface area contributed by atoms with Crippen molar-refractivity contribution in [1.29, 1.82) is 10.5 Å². The van der Waals surface area contributed by atoms with Crippen LogP contribution in [-0.2, 0) is 0 Å². The van der Waals surface area contributed by atoms with Crippen molar-refractivity contribution < 1.29 is 11.0 Å². The summed E-state index contributed by atoms with van der Waals surface area (Å²) in [6.45, 7) is -0.598. The molecule has 2 aliphatic rings. The molecule has 0 amide bonds. The summed E-state index contributed by atoms with van der Waals surface area (Å²) in [6.07, 6.45) is 0. The molecule has 464 valence electrons. The first-order valence-corrected chi connectivity index (χ1v) is 33.2. The molecule has 0 spiro atoms. The highest BCUT2D eigenvalue weighted by Gasteiger charge is 2.45. The van der Waals surface area contributed by atoms with Gasteiger partial charge < -0.3 is 23.8 Å². The number of para-hydroxylation sites is 8. The van der Waals surface area contributed by atoms with Gasteiger partial charge in [-0.1, -0.05) is 224 Å². The van der Waals surface area contributed by atoms with Crippen LogP contribution in [0, 0.1) is 22.7 Å². The number of nitriles is 2. The molecule has 2 aliphatic heterocycles. The molecule has 0 atom stereocenters. The van der Waals surface area contributed by atoms with Gasteiger partial charge in [0.1, 0.15) is 0 Å². The smallest absolute Gasteiger partial charge is 0.252 e. The first-order valence-electron chi connectivity index (χ1n) is 37.2. The lowest BCUT2D eigenvalue weighted by atomic mass is 9.33. The van der Waals surface area contributed by atoms with E-state index >= 15 is 0 Å². The van der Waals surface area contributed by atoms with E-state index in [1.807, 2.05) is 140 Å². The average molecular weight is 1280 g/mol. The molecule has 15 aromatic carbocycles. The summed E-state index contributed by atoms with van der Waals surface area (Å²) in [5.41, 5.74) is 20.8. The molecule has 8 heteroatoms. The van der Waals surface area contributed by atoms with E-state index < -0.39 is 55.1 Å². The summed E-state index contributed by atoms with van der Waals surface area (Å²) >= 11 is 0. The van der Waals surface area contributed by atoms with E-state index in [0.29, 0.717) is 33.6 Å². The Morgan fingerprint density at radius 1 is 0.320 bits per heavy atom. The highest BCUT2D eigenvalue weighted by atomic mass is 15.2. The van der Waals surface area contributed by atoms with E-state index in [1.165, 1.54) is 0 Å². The van der Waals surface area contributed by atoms with Crippen LogP contribution in [0.15, 0.2) is 352 Å². The van der Waals surface area contributed by atoms with Crippen molar-refractivity contribution >= 4 is 118 Å². The van der Waals surface area contributed by atoms with Crippen LogP contribution in [0.2, 0.25) is 0 Å². The number of fused-ring (bicyclic) bond motifs is 10. The van der Waals surface area contributed by atoms with Crippen molar-refractivity contribution in [2.24, 2.45) is 0 Å². The van der Waals surface area contributed by atoms with Gasteiger partial charge in [-0.15, -0.1) is 0 Å². The van der Waals surface area contributed by atoms with Gasteiger partial charge in [-0.05, 0) is 166 Å². The summed E-state index contributed by atoms with van der Waals surface area (Å²) in [5, 5.41) is 24.7. The monoisotopic (exact) mass is 1280 g/mol. The lowest BCUT2D eigenvalue weighted by Gasteiger charge is -2.45. The number of aromatic nitrogens is 2. The molecule has 19 rings (SSSR count). The van der Waals surface area contributed by atoms with Crippen molar-refractivity contribution in [3.05, 3.63) is 363 Å². The molecule has 4 heterocycles. The van der Waals surface area contributed by atoms with E-state index in [0.717, 1.165) is 123 Å². The maximum Gasteiger partial charge on any atom is 0.252 e. The molecular weight excluding hydrogens is 1210 g/mol. The van der Waals surface area contributed by atoms with Crippen LogP contribution < -0.4 is 31.1 Å². The highest BCUT2D eigenvalue weighted by molar-refractivity contribution is 7.00. The summed E-state index contributed by atoms with van der Waals surface area (Å²) in [5.74, 6) is 0. The zero-order chi connectivity index (χ0) is 73.3. The van der Waals surface area contributed by atoms with Gasteiger partial charge in [-0.3, -0.25) is 0 Å². The molecule has 0 aliphatic carbocycles. The van der Waals surface area contributed by atoms with Crippen molar-refractivity contribution in [3.63, 3.8) is 0 Å². The second-order valence-corrected chi connectivity index (χ2v) is 25.2. The third-order valence-corrected chi connectivity index (χ3v) is 19.8. The predicted molar refractivity (Wildman–Crippen MR) is 415 cm³/mol. The second kappa shape index (κ2) is 23.6. The maximum absolute atomic E-state index is 11.7. The summed E-state index contributed by atoms with van der Waals surface area (Å²) in [7, 11) is 0. The quantitative estimate of drug-likeness (QED) is 0.121. The van der Waals surface area contributed by atoms with Crippen molar-refractivity contribution in [1.82, 2.24) is 9.13 Å². The second-order valence-electron chi connectivity index (χ2n) is 25.2. The largest absolute Gasteiger partial charge is 0.311 e. The highest BCUT2D eigenvalue weighted by Crippen LogP contribution is 2.52. The zero-order valence-electron chi connectivity index (χ0n) is 61.6.